The molecule has 0 bridgehead atoms. The molecule has 116 valence electrons. The SMILES string of the molecule is CCC(NC(=O)/C=C/c1cc(CO)cs1)c1cccc(C)n1. The van der Waals surface area contributed by atoms with Crippen LogP contribution in [0, 0.1) is 6.92 Å². The van der Waals surface area contributed by atoms with E-state index in [1.807, 2.05) is 43.5 Å². The molecule has 0 aromatic carbocycles. The van der Waals surface area contributed by atoms with Crippen molar-refractivity contribution in [3.63, 3.8) is 0 Å². The number of hydrogen-bond donors (Lipinski definition) is 2. The number of aromatic nitrogens is 1. The maximum atomic E-state index is 12.0. The van der Waals surface area contributed by atoms with Crippen molar-refractivity contribution in [1.29, 1.82) is 0 Å². The second kappa shape index (κ2) is 7.87. The average Bonchev–Trinajstić information content (AvgIpc) is 2.98. The highest BCUT2D eigenvalue weighted by atomic mass is 32.1. The standard InChI is InChI=1S/C17H20N2O2S/c1-3-15(16-6-4-5-12(2)18-16)19-17(21)8-7-14-9-13(10-20)11-22-14/h4-9,11,15,20H,3,10H2,1-2H3,(H,19,21)/b8-7+. The minimum atomic E-state index is -0.144. The molecule has 0 saturated heterocycles. The van der Waals surface area contributed by atoms with E-state index in [2.05, 4.69) is 10.3 Å². The summed E-state index contributed by atoms with van der Waals surface area (Å²) in [5.41, 5.74) is 2.68. The zero-order valence-corrected chi connectivity index (χ0v) is 13.6. The van der Waals surface area contributed by atoms with Gasteiger partial charge in [0.25, 0.3) is 0 Å². The average molecular weight is 316 g/mol. The quantitative estimate of drug-likeness (QED) is 0.804. The van der Waals surface area contributed by atoms with Gasteiger partial charge in [-0.15, -0.1) is 11.3 Å². The maximum Gasteiger partial charge on any atom is 0.244 e. The molecule has 4 nitrogen and oxygen atoms in total. The third-order valence-corrected chi connectivity index (χ3v) is 4.19. The molecule has 1 unspecified atom stereocenters. The lowest BCUT2D eigenvalue weighted by molar-refractivity contribution is -0.117. The summed E-state index contributed by atoms with van der Waals surface area (Å²) in [6.07, 6.45) is 4.06. The summed E-state index contributed by atoms with van der Waals surface area (Å²) >= 11 is 1.50. The monoisotopic (exact) mass is 316 g/mol. The first-order chi connectivity index (χ1) is 10.6. The Morgan fingerprint density at radius 3 is 2.95 bits per heavy atom. The largest absolute Gasteiger partial charge is 0.392 e. The van der Waals surface area contributed by atoms with E-state index in [1.54, 1.807) is 6.08 Å². The molecule has 2 aromatic heterocycles. The van der Waals surface area contributed by atoms with Crippen LogP contribution in [0.3, 0.4) is 0 Å². The number of thiophene rings is 1. The Hall–Kier alpha value is -1.98. The Morgan fingerprint density at radius 2 is 2.32 bits per heavy atom. The van der Waals surface area contributed by atoms with Gasteiger partial charge in [-0.1, -0.05) is 13.0 Å². The van der Waals surface area contributed by atoms with Gasteiger partial charge in [-0.3, -0.25) is 9.78 Å². The molecule has 22 heavy (non-hydrogen) atoms. The number of rotatable bonds is 6. The second-order valence-corrected chi connectivity index (χ2v) is 5.96. The Bertz CT molecular complexity index is 664. The number of amides is 1. The molecule has 0 fully saturated rings. The van der Waals surface area contributed by atoms with Crippen LogP contribution in [0.15, 0.2) is 35.7 Å². The molecule has 0 spiro atoms. The highest BCUT2D eigenvalue weighted by Crippen LogP contribution is 2.17. The number of hydrogen-bond acceptors (Lipinski definition) is 4. The van der Waals surface area contributed by atoms with Crippen LogP contribution in [0.25, 0.3) is 6.08 Å². The smallest absolute Gasteiger partial charge is 0.244 e. The number of nitrogens with zero attached hydrogens (tertiary/aromatic N) is 1. The molecule has 0 aliphatic rings. The number of aliphatic hydroxyl groups is 1. The Labute approximate surface area is 134 Å². The van der Waals surface area contributed by atoms with Crippen LogP contribution in [0.1, 0.15) is 41.2 Å². The maximum absolute atomic E-state index is 12.0. The van der Waals surface area contributed by atoms with E-state index in [1.165, 1.54) is 17.4 Å². The fraction of sp³-hybridized carbons (Fsp3) is 0.294. The van der Waals surface area contributed by atoms with E-state index >= 15 is 0 Å². The van der Waals surface area contributed by atoms with Crippen molar-refractivity contribution in [3.8, 4) is 0 Å². The summed E-state index contributed by atoms with van der Waals surface area (Å²) in [7, 11) is 0. The van der Waals surface area contributed by atoms with E-state index in [-0.39, 0.29) is 18.6 Å². The third-order valence-electron chi connectivity index (χ3n) is 3.25. The molecule has 2 rings (SSSR count). The van der Waals surface area contributed by atoms with Gasteiger partial charge in [-0.25, -0.2) is 0 Å². The van der Waals surface area contributed by atoms with Crippen molar-refractivity contribution < 1.29 is 9.90 Å². The van der Waals surface area contributed by atoms with Gasteiger partial charge >= 0.3 is 0 Å². The summed E-state index contributed by atoms with van der Waals surface area (Å²) in [4.78, 5) is 17.5. The zero-order valence-electron chi connectivity index (χ0n) is 12.7. The molecule has 0 aliphatic heterocycles. The first-order valence-electron chi connectivity index (χ1n) is 7.22. The van der Waals surface area contributed by atoms with Gasteiger partial charge < -0.3 is 10.4 Å². The lowest BCUT2D eigenvalue weighted by Gasteiger charge is -2.15. The number of nitrogens with one attached hydrogen (secondary N) is 1. The normalized spacial score (nSPS) is 12.5. The topological polar surface area (TPSA) is 62.2 Å². The summed E-state index contributed by atoms with van der Waals surface area (Å²) < 4.78 is 0. The van der Waals surface area contributed by atoms with E-state index in [0.717, 1.165) is 28.2 Å². The summed E-state index contributed by atoms with van der Waals surface area (Å²) in [6, 6.07) is 7.59. The molecule has 2 N–H and O–H groups in total. The fourth-order valence-electron chi connectivity index (χ4n) is 2.09. The Morgan fingerprint density at radius 1 is 1.50 bits per heavy atom. The molecule has 1 atom stereocenters. The van der Waals surface area contributed by atoms with Crippen LogP contribution < -0.4 is 5.32 Å². The predicted molar refractivity (Wildman–Crippen MR) is 89.4 cm³/mol. The number of aryl methyl sites for hydroxylation is 1. The molecule has 2 heterocycles. The minimum absolute atomic E-state index is 0.0213. The fourth-order valence-corrected chi connectivity index (χ4v) is 2.88. The van der Waals surface area contributed by atoms with Gasteiger partial charge in [0.1, 0.15) is 0 Å². The van der Waals surface area contributed by atoms with Crippen LogP contribution in [-0.4, -0.2) is 16.0 Å². The molecular weight excluding hydrogens is 296 g/mol. The first-order valence-corrected chi connectivity index (χ1v) is 8.10. The Kier molecular flexibility index (Phi) is 5.86. The number of pyridine rings is 1. The van der Waals surface area contributed by atoms with Crippen LogP contribution in [-0.2, 0) is 11.4 Å². The zero-order chi connectivity index (χ0) is 15.9. The van der Waals surface area contributed by atoms with Crippen molar-refractivity contribution in [2.24, 2.45) is 0 Å². The molecule has 0 aliphatic carbocycles. The van der Waals surface area contributed by atoms with Gasteiger partial charge in [0.05, 0.1) is 18.3 Å². The molecule has 2 aromatic rings. The summed E-state index contributed by atoms with van der Waals surface area (Å²) in [6.45, 7) is 3.98. The number of carbonyl (C=O) groups is 1. The van der Waals surface area contributed by atoms with Crippen LogP contribution >= 0.6 is 11.3 Å². The molecular formula is C17H20N2O2S. The van der Waals surface area contributed by atoms with Gasteiger partial charge in [-0.2, -0.15) is 0 Å². The van der Waals surface area contributed by atoms with Gasteiger partial charge in [0, 0.05) is 16.6 Å². The number of carbonyl (C=O) groups excluding carboxylic acids is 1. The van der Waals surface area contributed by atoms with Crippen molar-refractivity contribution in [2.75, 3.05) is 0 Å². The minimum Gasteiger partial charge on any atom is -0.392 e. The Balaban J connectivity index is 2.00. The molecule has 5 heteroatoms. The van der Waals surface area contributed by atoms with Crippen molar-refractivity contribution in [3.05, 3.63) is 57.6 Å². The first kappa shape index (κ1) is 16.4. The van der Waals surface area contributed by atoms with Crippen molar-refractivity contribution >= 4 is 23.3 Å². The van der Waals surface area contributed by atoms with Crippen LogP contribution in [0.5, 0.6) is 0 Å². The molecule has 1 amide bonds. The number of aliphatic hydroxyl groups excluding tert-OH is 1. The van der Waals surface area contributed by atoms with Crippen LogP contribution in [0.2, 0.25) is 0 Å². The van der Waals surface area contributed by atoms with Crippen LogP contribution in [0.4, 0.5) is 0 Å². The van der Waals surface area contributed by atoms with Crippen molar-refractivity contribution in [1.82, 2.24) is 10.3 Å². The molecule has 0 radical (unpaired) electrons. The lowest BCUT2D eigenvalue weighted by Crippen LogP contribution is -2.27. The highest BCUT2D eigenvalue weighted by molar-refractivity contribution is 7.11. The van der Waals surface area contributed by atoms with E-state index < -0.39 is 0 Å². The van der Waals surface area contributed by atoms with Crippen molar-refractivity contribution in [2.45, 2.75) is 32.9 Å². The highest BCUT2D eigenvalue weighted by Gasteiger charge is 2.12. The summed E-state index contributed by atoms with van der Waals surface area (Å²) in [5.74, 6) is -0.144. The second-order valence-electron chi connectivity index (χ2n) is 5.02. The summed E-state index contributed by atoms with van der Waals surface area (Å²) in [5, 5.41) is 13.9. The van der Waals surface area contributed by atoms with E-state index in [4.69, 9.17) is 5.11 Å². The molecule has 0 saturated carbocycles. The lowest BCUT2D eigenvalue weighted by atomic mass is 10.1. The van der Waals surface area contributed by atoms with E-state index in [0.29, 0.717) is 0 Å². The van der Waals surface area contributed by atoms with Gasteiger partial charge in [0.15, 0.2) is 0 Å². The van der Waals surface area contributed by atoms with Gasteiger partial charge in [-0.05, 0) is 48.6 Å². The van der Waals surface area contributed by atoms with E-state index in [9.17, 15) is 4.79 Å². The third kappa shape index (κ3) is 4.51. The van der Waals surface area contributed by atoms with Gasteiger partial charge in [0.2, 0.25) is 5.91 Å². The predicted octanol–water partition coefficient (Wildman–Crippen LogP) is 3.22.